The van der Waals surface area contributed by atoms with Crippen molar-refractivity contribution >= 4 is 17.4 Å². The number of nitrogens with zero attached hydrogens (tertiary/aromatic N) is 3. The molecule has 0 fully saturated rings. The maximum atomic E-state index is 9.34. The Kier molecular flexibility index (Phi) is 4.10. The molecule has 1 rings (SSSR count). The van der Waals surface area contributed by atoms with Crippen LogP contribution < -0.4 is 4.90 Å². The molecule has 1 aromatic rings. The second-order valence-corrected chi connectivity index (χ2v) is 4.71. The fourth-order valence-electron chi connectivity index (χ4n) is 1.37. The van der Waals surface area contributed by atoms with Crippen LogP contribution in [0.4, 0.5) is 5.82 Å². The van der Waals surface area contributed by atoms with E-state index in [1.807, 2.05) is 32.7 Å². The van der Waals surface area contributed by atoms with E-state index in [2.05, 4.69) is 9.97 Å². The van der Waals surface area contributed by atoms with E-state index in [1.165, 1.54) is 6.33 Å². The van der Waals surface area contributed by atoms with Crippen LogP contribution in [0.3, 0.4) is 0 Å². The van der Waals surface area contributed by atoms with E-state index >= 15 is 0 Å². The van der Waals surface area contributed by atoms with Crippen molar-refractivity contribution in [1.29, 1.82) is 0 Å². The largest absolute Gasteiger partial charge is 0.394 e. The Bertz CT molecular complexity index is 368. The molecule has 90 valence electrons. The lowest BCUT2D eigenvalue weighted by molar-refractivity contribution is 0.215. The molecule has 0 radical (unpaired) electrons. The minimum absolute atomic E-state index is 0.0499. The lowest BCUT2D eigenvalue weighted by Gasteiger charge is -2.35. The van der Waals surface area contributed by atoms with Gasteiger partial charge in [-0.2, -0.15) is 0 Å². The fourth-order valence-corrected chi connectivity index (χ4v) is 1.63. The highest BCUT2D eigenvalue weighted by atomic mass is 35.5. The molecule has 0 aliphatic rings. The number of rotatable bonds is 4. The lowest BCUT2D eigenvalue weighted by Crippen LogP contribution is -2.45. The summed E-state index contributed by atoms with van der Waals surface area (Å²) in [7, 11) is 1.90. The molecular formula is C11H18ClN3O. The molecule has 5 heteroatoms. The number of aromatic nitrogens is 2. The molecule has 4 nitrogen and oxygen atoms in total. The van der Waals surface area contributed by atoms with Crippen molar-refractivity contribution in [2.75, 3.05) is 18.6 Å². The predicted molar refractivity (Wildman–Crippen MR) is 66.0 cm³/mol. The van der Waals surface area contributed by atoms with Gasteiger partial charge in [-0.15, -0.1) is 0 Å². The summed E-state index contributed by atoms with van der Waals surface area (Å²) < 4.78 is 0. The predicted octanol–water partition coefficient (Wildman–Crippen LogP) is 1.90. The number of hydrogen-bond donors (Lipinski definition) is 1. The molecule has 1 aromatic heterocycles. The Morgan fingerprint density at radius 3 is 2.56 bits per heavy atom. The number of anilines is 1. The SMILES string of the molecule is CCc1c(Cl)ncnc1N(C)C(C)(C)CO. The molecule has 0 saturated carbocycles. The first kappa shape index (κ1) is 13.2. The van der Waals surface area contributed by atoms with E-state index in [4.69, 9.17) is 11.6 Å². The van der Waals surface area contributed by atoms with Gasteiger partial charge in [0.05, 0.1) is 12.1 Å². The van der Waals surface area contributed by atoms with Gasteiger partial charge >= 0.3 is 0 Å². The maximum absolute atomic E-state index is 9.34. The van der Waals surface area contributed by atoms with Crippen LogP contribution >= 0.6 is 11.6 Å². The third kappa shape index (κ3) is 2.44. The zero-order valence-corrected chi connectivity index (χ0v) is 10.9. The second kappa shape index (κ2) is 4.97. The smallest absolute Gasteiger partial charge is 0.137 e. The third-order valence-corrected chi connectivity index (χ3v) is 3.16. The molecule has 0 unspecified atom stereocenters. The number of aliphatic hydroxyl groups is 1. The summed E-state index contributed by atoms with van der Waals surface area (Å²) in [6.45, 7) is 5.95. The van der Waals surface area contributed by atoms with Crippen molar-refractivity contribution in [1.82, 2.24) is 9.97 Å². The summed E-state index contributed by atoms with van der Waals surface area (Å²) in [4.78, 5) is 10.1. The topological polar surface area (TPSA) is 49.2 Å². The van der Waals surface area contributed by atoms with Crippen LogP contribution in [-0.2, 0) is 6.42 Å². The highest BCUT2D eigenvalue weighted by Gasteiger charge is 2.26. The van der Waals surface area contributed by atoms with Crippen LogP contribution in [0.1, 0.15) is 26.3 Å². The Labute approximate surface area is 101 Å². The molecule has 0 spiro atoms. The maximum Gasteiger partial charge on any atom is 0.137 e. The van der Waals surface area contributed by atoms with Crippen LogP contribution in [0, 0.1) is 0 Å². The van der Waals surface area contributed by atoms with Crippen molar-refractivity contribution in [2.45, 2.75) is 32.7 Å². The summed E-state index contributed by atoms with van der Waals surface area (Å²) in [5.41, 5.74) is 0.537. The second-order valence-electron chi connectivity index (χ2n) is 4.35. The molecule has 0 aromatic carbocycles. The molecule has 0 bridgehead atoms. The van der Waals surface area contributed by atoms with E-state index in [0.29, 0.717) is 5.15 Å². The van der Waals surface area contributed by atoms with Gasteiger partial charge in [0.2, 0.25) is 0 Å². The number of aliphatic hydroxyl groups excluding tert-OH is 1. The van der Waals surface area contributed by atoms with Gasteiger partial charge in [-0.3, -0.25) is 0 Å². The molecule has 16 heavy (non-hydrogen) atoms. The molecule has 0 saturated heterocycles. The van der Waals surface area contributed by atoms with Gasteiger partial charge in [0.1, 0.15) is 17.3 Å². The summed E-state index contributed by atoms with van der Waals surface area (Å²) >= 11 is 6.03. The molecule has 0 aliphatic heterocycles. The summed E-state index contributed by atoms with van der Waals surface area (Å²) in [6.07, 6.45) is 2.21. The minimum atomic E-state index is -0.373. The van der Waals surface area contributed by atoms with Crippen LogP contribution in [0.15, 0.2) is 6.33 Å². The van der Waals surface area contributed by atoms with Crippen LogP contribution in [0.25, 0.3) is 0 Å². The van der Waals surface area contributed by atoms with Gasteiger partial charge in [-0.05, 0) is 20.3 Å². The zero-order valence-electron chi connectivity index (χ0n) is 10.2. The Balaban J connectivity index is 3.18. The van der Waals surface area contributed by atoms with Crippen molar-refractivity contribution in [3.05, 3.63) is 17.0 Å². The molecule has 1 heterocycles. The van der Waals surface area contributed by atoms with Gasteiger partial charge in [0, 0.05) is 12.6 Å². The Morgan fingerprint density at radius 1 is 1.44 bits per heavy atom. The molecule has 0 atom stereocenters. The summed E-state index contributed by atoms with van der Waals surface area (Å²) in [5, 5.41) is 9.82. The number of hydrogen-bond acceptors (Lipinski definition) is 4. The normalized spacial score (nSPS) is 11.6. The van der Waals surface area contributed by atoms with Crippen molar-refractivity contribution < 1.29 is 5.11 Å². The Morgan fingerprint density at radius 2 is 2.06 bits per heavy atom. The van der Waals surface area contributed by atoms with Gasteiger partial charge in [0.25, 0.3) is 0 Å². The van der Waals surface area contributed by atoms with Gasteiger partial charge in [-0.1, -0.05) is 18.5 Å². The van der Waals surface area contributed by atoms with Crippen molar-refractivity contribution in [3.63, 3.8) is 0 Å². The van der Waals surface area contributed by atoms with Crippen LogP contribution in [0.2, 0.25) is 5.15 Å². The number of likely N-dealkylation sites (N-methyl/N-ethyl adjacent to an activating group) is 1. The zero-order chi connectivity index (χ0) is 12.3. The van der Waals surface area contributed by atoms with Gasteiger partial charge < -0.3 is 10.0 Å². The van der Waals surface area contributed by atoms with Gasteiger partial charge in [0.15, 0.2) is 0 Å². The van der Waals surface area contributed by atoms with Crippen molar-refractivity contribution in [2.24, 2.45) is 0 Å². The number of halogens is 1. The van der Waals surface area contributed by atoms with E-state index in [0.717, 1.165) is 17.8 Å². The molecule has 1 N–H and O–H groups in total. The van der Waals surface area contributed by atoms with Gasteiger partial charge in [-0.25, -0.2) is 9.97 Å². The standard InChI is InChI=1S/C11H18ClN3O/c1-5-8-9(12)13-7-14-10(8)15(4)11(2,3)6-16/h7,16H,5-6H2,1-4H3. The lowest BCUT2D eigenvalue weighted by atomic mass is 10.0. The first-order valence-electron chi connectivity index (χ1n) is 5.28. The summed E-state index contributed by atoms with van der Waals surface area (Å²) in [5.74, 6) is 0.779. The minimum Gasteiger partial charge on any atom is -0.394 e. The average Bonchev–Trinajstić information content (AvgIpc) is 2.27. The highest BCUT2D eigenvalue weighted by Crippen LogP contribution is 2.27. The Hall–Kier alpha value is -0.870. The average molecular weight is 244 g/mol. The van der Waals surface area contributed by atoms with E-state index in [-0.39, 0.29) is 12.1 Å². The molecule has 0 amide bonds. The van der Waals surface area contributed by atoms with E-state index in [1.54, 1.807) is 0 Å². The quantitative estimate of drug-likeness (QED) is 0.821. The van der Waals surface area contributed by atoms with Crippen LogP contribution in [-0.4, -0.2) is 34.3 Å². The van der Waals surface area contributed by atoms with E-state index in [9.17, 15) is 5.11 Å². The van der Waals surface area contributed by atoms with E-state index < -0.39 is 0 Å². The molecular weight excluding hydrogens is 226 g/mol. The van der Waals surface area contributed by atoms with Crippen LogP contribution in [0.5, 0.6) is 0 Å². The monoisotopic (exact) mass is 243 g/mol. The highest BCUT2D eigenvalue weighted by molar-refractivity contribution is 6.30. The van der Waals surface area contributed by atoms with Crippen molar-refractivity contribution in [3.8, 4) is 0 Å². The first-order chi connectivity index (χ1) is 7.44. The summed E-state index contributed by atoms with van der Waals surface area (Å²) in [6, 6.07) is 0. The third-order valence-electron chi connectivity index (χ3n) is 2.84. The first-order valence-corrected chi connectivity index (χ1v) is 5.66. The molecule has 0 aliphatic carbocycles. The fraction of sp³-hybridized carbons (Fsp3) is 0.636.